The van der Waals surface area contributed by atoms with Crippen LogP contribution in [-0.2, 0) is 52.1 Å². The van der Waals surface area contributed by atoms with E-state index in [1.165, 1.54) is 0 Å². The molecule has 0 spiro atoms. The van der Waals surface area contributed by atoms with E-state index in [0.717, 1.165) is 44.9 Å². The van der Waals surface area contributed by atoms with E-state index in [-0.39, 0.29) is 32.0 Å². The summed E-state index contributed by atoms with van der Waals surface area (Å²) in [4.78, 5) is 0. The third kappa shape index (κ3) is 14.1. The molecule has 5 unspecified atom stereocenters. The van der Waals surface area contributed by atoms with Crippen molar-refractivity contribution in [2.45, 2.75) is 199 Å². The van der Waals surface area contributed by atoms with E-state index in [4.69, 9.17) is 52.1 Å². The van der Waals surface area contributed by atoms with Crippen LogP contribution >= 0.6 is 0 Å². The molecule has 15 heteroatoms. The van der Waals surface area contributed by atoms with Crippen molar-refractivity contribution >= 4 is 0 Å². The molecule has 0 amide bonds. The highest BCUT2D eigenvalue weighted by Crippen LogP contribution is 2.38. The molecule has 3 aliphatic heterocycles. The first-order valence-corrected chi connectivity index (χ1v) is 20.1. The van der Waals surface area contributed by atoms with Gasteiger partial charge < -0.3 is 72.5 Å². The van der Waals surface area contributed by atoms with E-state index in [0.29, 0.717) is 26.2 Å². The molecule has 0 bridgehead atoms. The predicted molar refractivity (Wildman–Crippen MR) is 193 cm³/mol. The molecule has 14 atom stereocenters. The molecule has 3 heterocycles. The molecular weight excluding hydrogens is 696 g/mol. The second kappa shape index (κ2) is 24.2. The Morgan fingerprint density at radius 1 is 0.717 bits per heavy atom. The Morgan fingerprint density at radius 3 is 1.87 bits per heavy atom. The van der Waals surface area contributed by atoms with Gasteiger partial charge in [-0.3, -0.25) is 0 Å². The van der Waals surface area contributed by atoms with E-state index in [2.05, 4.69) is 20.8 Å². The molecule has 0 aromatic carbocycles. The molecule has 0 radical (unpaired) electrons. The quantitative estimate of drug-likeness (QED) is 0.0706. The first-order chi connectivity index (χ1) is 25.4. The Bertz CT molecular complexity index is 961. The third-order valence-electron chi connectivity index (χ3n) is 9.67. The normalized spacial score (nSPS) is 33.7. The highest BCUT2D eigenvalue weighted by Gasteiger charge is 2.55. The lowest BCUT2D eigenvalue weighted by molar-refractivity contribution is -0.328. The molecule has 0 saturated carbocycles. The van der Waals surface area contributed by atoms with Gasteiger partial charge in [0.05, 0.1) is 32.0 Å². The summed E-state index contributed by atoms with van der Waals surface area (Å²) in [7, 11) is 0. The van der Waals surface area contributed by atoms with Gasteiger partial charge in [-0.2, -0.15) is 0 Å². The fraction of sp³-hybridized carbons (Fsp3) is 1.00. The molecule has 314 valence electrons. The summed E-state index contributed by atoms with van der Waals surface area (Å²) in [5.41, 5.74) is 0. The van der Waals surface area contributed by atoms with Gasteiger partial charge in [0, 0.05) is 26.4 Å². The van der Waals surface area contributed by atoms with Crippen molar-refractivity contribution in [2.75, 3.05) is 46.2 Å². The fourth-order valence-corrected chi connectivity index (χ4v) is 6.54. The van der Waals surface area contributed by atoms with Crippen molar-refractivity contribution in [3.63, 3.8) is 0 Å². The van der Waals surface area contributed by atoms with Crippen LogP contribution in [0.25, 0.3) is 0 Å². The standard InChI is InChI=1S/C38H72O15/c1-9-13-17-43-30-25(6)49-37(34(45-19-15-11-3)33(30)44-18-14-10-2)47-23-26(41)35(46-20-16-12-4)50-27(21-39)24(5)48-36-29(42)32-31(28(22-40)51-36)52-38(7,8)53-32/h24-37,39-42H,9-23H2,1-8H3/t24-,25?,26-,27?,28-,29?,30+,31-,32?,33?,34-,35+,36+,37+/m0/s1. The first kappa shape index (κ1) is 46.8. The summed E-state index contributed by atoms with van der Waals surface area (Å²) >= 11 is 0. The molecular formula is C38H72O15. The van der Waals surface area contributed by atoms with Crippen LogP contribution in [0.1, 0.15) is 107 Å². The largest absolute Gasteiger partial charge is 0.394 e. The summed E-state index contributed by atoms with van der Waals surface area (Å²) in [5, 5.41) is 43.0. The van der Waals surface area contributed by atoms with Crippen molar-refractivity contribution in [3.8, 4) is 0 Å². The van der Waals surface area contributed by atoms with Gasteiger partial charge in [-0.25, -0.2) is 0 Å². The minimum Gasteiger partial charge on any atom is -0.394 e. The van der Waals surface area contributed by atoms with Gasteiger partial charge in [0.15, 0.2) is 24.7 Å². The maximum Gasteiger partial charge on any atom is 0.187 e. The zero-order valence-electron chi connectivity index (χ0n) is 33.5. The number of aliphatic hydroxyl groups is 4. The average Bonchev–Trinajstić information content (AvgIpc) is 3.47. The molecule has 15 nitrogen and oxygen atoms in total. The fourth-order valence-electron chi connectivity index (χ4n) is 6.54. The Hall–Kier alpha value is -0.600. The highest BCUT2D eigenvalue weighted by molar-refractivity contribution is 4.97. The second-order valence-corrected chi connectivity index (χ2v) is 14.7. The topological polar surface area (TPSA) is 182 Å². The number of hydrogen-bond acceptors (Lipinski definition) is 15. The number of unbranched alkanes of at least 4 members (excludes halogenated alkanes) is 4. The molecule has 3 rings (SSSR count). The van der Waals surface area contributed by atoms with Gasteiger partial charge in [0.1, 0.15) is 54.9 Å². The molecule has 3 saturated heterocycles. The number of ether oxygens (including phenoxy) is 11. The molecule has 53 heavy (non-hydrogen) atoms. The summed E-state index contributed by atoms with van der Waals surface area (Å²) in [6.45, 7) is 16.1. The lowest BCUT2D eigenvalue weighted by Gasteiger charge is -2.45. The highest BCUT2D eigenvalue weighted by atomic mass is 16.8. The van der Waals surface area contributed by atoms with Crippen LogP contribution in [0.5, 0.6) is 0 Å². The lowest BCUT2D eigenvalue weighted by Crippen LogP contribution is -2.60. The van der Waals surface area contributed by atoms with E-state index < -0.39 is 86.2 Å². The van der Waals surface area contributed by atoms with E-state index in [1.54, 1.807) is 20.8 Å². The van der Waals surface area contributed by atoms with Gasteiger partial charge in [-0.05, 0) is 53.4 Å². The van der Waals surface area contributed by atoms with Crippen molar-refractivity contribution in [1.82, 2.24) is 0 Å². The van der Waals surface area contributed by atoms with Crippen LogP contribution in [0.2, 0.25) is 0 Å². The van der Waals surface area contributed by atoms with E-state index in [1.807, 2.05) is 13.8 Å². The zero-order chi connectivity index (χ0) is 39.0. The van der Waals surface area contributed by atoms with E-state index >= 15 is 0 Å². The maximum absolute atomic E-state index is 11.5. The molecule has 3 fully saturated rings. The van der Waals surface area contributed by atoms with Crippen LogP contribution in [0.4, 0.5) is 0 Å². The van der Waals surface area contributed by atoms with Crippen molar-refractivity contribution in [2.24, 2.45) is 0 Å². The zero-order valence-corrected chi connectivity index (χ0v) is 33.5. The molecule has 4 N–H and O–H groups in total. The van der Waals surface area contributed by atoms with Crippen LogP contribution in [0.15, 0.2) is 0 Å². The number of hydrogen-bond donors (Lipinski definition) is 4. The Kier molecular flexibility index (Phi) is 21.4. The van der Waals surface area contributed by atoms with Crippen molar-refractivity contribution < 1.29 is 72.5 Å². The van der Waals surface area contributed by atoms with Gasteiger partial charge in [0.25, 0.3) is 0 Å². The second-order valence-electron chi connectivity index (χ2n) is 14.7. The molecule has 0 aromatic rings. The lowest BCUT2D eigenvalue weighted by atomic mass is 9.98. The summed E-state index contributed by atoms with van der Waals surface area (Å²) in [6, 6.07) is 0. The SMILES string of the molecule is CCCCOC1[C@H](OCCCC)C(C)O[C@@H](OC[C@H](O)[C@H](OCCCC)OC(CO)[C@H](C)O[C@@H]2O[C@@H](CO)[C@@H]3OC(C)(C)OC3C2O)[C@H]1OCCCC. The summed E-state index contributed by atoms with van der Waals surface area (Å²) in [5.74, 6) is -0.985. The third-order valence-corrected chi connectivity index (χ3v) is 9.67. The Labute approximate surface area is 317 Å². The van der Waals surface area contributed by atoms with Gasteiger partial charge in [-0.1, -0.05) is 53.4 Å². The number of aliphatic hydroxyl groups excluding tert-OH is 4. The minimum atomic E-state index is -1.30. The predicted octanol–water partition coefficient (Wildman–Crippen LogP) is 3.19. The van der Waals surface area contributed by atoms with Crippen LogP contribution in [0.3, 0.4) is 0 Å². The first-order valence-electron chi connectivity index (χ1n) is 20.1. The van der Waals surface area contributed by atoms with Crippen molar-refractivity contribution in [1.29, 1.82) is 0 Å². The smallest absolute Gasteiger partial charge is 0.187 e. The van der Waals surface area contributed by atoms with Gasteiger partial charge in [-0.15, -0.1) is 0 Å². The average molecular weight is 769 g/mol. The van der Waals surface area contributed by atoms with Crippen molar-refractivity contribution in [3.05, 3.63) is 0 Å². The van der Waals surface area contributed by atoms with Crippen LogP contribution in [-0.4, -0.2) is 158 Å². The molecule has 3 aliphatic rings. The Morgan fingerprint density at radius 2 is 1.28 bits per heavy atom. The summed E-state index contributed by atoms with van der Waals surface area (Å²) < 4.78 is 67.6. The summed E-state index contributed by atoms with van der Waals surface area (Å²) in [6.07, 6.45) is -4.71. The minimum absolute atomic E-state index is 0.239. The van der Waals surface area contributed by atoms with Crippen LogP contribution < -0.4 is 0 Å². The van der Waals surface area contributed by atoms with Gasteiger partial charge >= 0.3 is 0 Å². The number of fused-ring (bicyclic) bond motifs is 1. The van der Waals surface area contributed by atoms with E-state index in [9.17, 15) is 20.4 Å². The van der Waals surface area contributed by atoms with Crippen LogP contribution in [0, 0.1) is 0 Å². The Balaban J connectivity index is 1.72. The molecule has 0 aromatic heterocycles. The molecule has 0 aliphatic carbocycles. The van der Waals surface area contributed by atoms with Gasteiger partial charge in [0.2, 0.25) is 0 Å². The monoisotopic (exact) mass is 768 g/mol. The maximum atomic E-state index is 11.5. The number of rotatable bonds is 27.